The summed E-state index contributed by atoms with van der Waals surface area (Å²) in [4.78, 5) is 28.6. The van der Waals surface area contributed by atoms with E-state index in [9.17, 15) is 9.59 Å². The summed E-state index contributed by atoms with van der Waals surface area (Å²) in [6.45, 7) is 0.0545. The molecule has 3 N–H and O–H groups in total. The molecular formula is C19H18N4O2S. The predicted octanol–water partition coefficient (Wildman–Crippen LogP) is 2.11. The van der Waals surface area contributed by atoms with Gasteiger partial charge in [0.1, 0.15) is 6.54 Å². The number of fused-ring (bicyclic) bond motifs is 1. The van der Waals surface area contributed by atoms with Gasteiger partial charge in [-0.25, -0.2) is 0 Å². The molecule has 3 heterocycles. The molecule has 132 valence electrons. The van der Waals surface area contributed by atoms with Crippen LogP contribution < -0.4 is 11.1 Å². The first-order valence-corrected chi connectivity index (χ1v) is 9.36. The lowest BCUT2D eigenvalue weighted by Crippen LogP contribution is -2.34. The van der Waals surface area contributed by atoms with E-state index in [1.165, 1.54) is 0 Å². The number of nitrogens with two attached hydrogens (primary N) is 1. The minimum atomic E-state index is -0.434. The van der Waals surface area contributed by atoms with E-state index in [1.54, 1.807) is 28.7 Å². The maximum absolute atomic E-state index is 13.1. The monoisotopic (exact) mass is 366 g/mol. The molecule has 26 heavy (non-hydrogen) atoms. The topological polar surface area (TPSA) is 90.0 Å². The molecule has 1 aromatic carbocycles. The van der Waals surface area contributed by atoms with Crippen molar-refractivity contribution >= 4 is 34.4 Å². The molecule has 0 spiro atoms. The number of rotatable bonds is 5. The Balaban J connectivity index is 1.62. The minimum Gasteiger partial charge on any atom is -0.368 e. The Bertz CT molecular complexity index is 970. The number of primary amides is 1. The first kappa shape index (κ1) is 16.8. The number of Topliss-reactive ketones (excluding diaryl/α,β-unsaturated/α-hetero) is 1. The van der Waals surface area contributed by atoms with Crippen LogP contribution in [0.25, 0.3) is 10.9 Å². The number of amides is 1. The fraction of sp³-hybridized carbons (Fsp3) is 0.211. The summed E-state index contributed by atoms with van der Waals surface area (Å²) < 4.78 is 1.74. The van der Waals surface area contributed by atoms with E-state index in [4.69, 9.17) is 5.73 Å². The van der Waals surface area contributed by atoms with Gasteiger partial charge in [-0.05, 0) is 17.7 Å². The Morgan fingerprint density at radius 1 is 1.27 bits per heavy atom. The van der Waals surface area contributed by atoms with Gasteiger partial charge in [0, 0.05) is 40.8 Å². The zero-order valence-corrected chi connectivity index (χ0v) is 14.8. The Morgan fingerprint density at radius 2 is 2.12 bits per heavy atom. The molecule has 0 radical (unpaired) electrons. The molecule has 1 amide bonds. The van der Waals surface area contributed by atoms with E-state index < -0.39 is 5.91 Å². The number of hydrogen-bond acceptors (Lipinski definition) is 5. The molecule has 0 aliphatic carbocycles. The molecule has 0 bridgehead atoms. The van der Waals surface area contributed by atoms with Crippen LogP contribution in [0.15, 0.2) is 55.0 Å². The van der Waals surface area contributed by atoms with Crippen LogP contribution in [0.5, 0.6) is 0 Å². The van der Waals surface area contributed by atoms with Crippen LogP contribution in [0.1, 0.15) is 21.3 Å². The average Bonchev–Trinajstić information content (AvgIpc) is 3.28. The Morgan fingerprint density at radius 3 is 2.88 bits per heavy atom. The Labute approximate surface area is 154 Å². The van der Waals surface area contributed by atoms with Crippen molar-refractivity contribution in [3.8, 4) is 0 Å². The number of pyridine rings is 1. The summed E-state index contributed by atoms with van der Waals surface area (Å²) in [6.07, 6.45) is 5.29. The molecule has 2 atom stereocenters. The van der Waals surface area contributed by atoms with Crippen LogP contribution in [-0.4, -0.2) is 33.0 Å². The summed E-state index contributed by atoms with van der Waals surface area (Å²) >= 11 is 1.70. The summed E-state index contributed by atoms with van der Waals surface area (Å²) in [5.74, 6) is 0.285. The van der Waals surface area contributed by atoms with Crippen molar-refractivity contribution in [2.24, 2.45) is 5.73 Å². The molecule has 3 aromatic rings. The quantitative estimate of drug-likeness (QED) is 0.675. The van der Waals surface area contributed by atoms with E-state index in [1.807, 2.05) is 42.6 Å². The van der Waals surface area contributed by atoms with Crippen LogP contribution in [0, 0.1) is 0 Å². The average molecular weight is 366 g/mol. The fourth-order valence-corrected chi connectivity index (χ4v) is 4.50. The van der Waals surface area contributed by atoms with Crippen molar-refractivity contribution in [2.75, 3.05) is 5.75 Å². The fourth-order valence-electron chi connectivity index (χ4n) is 3.28. The number of thioether (sulfide) groups is 1. The highest BCUT2D eigenvalue weighted by Gasteiger charge is 2.32. The van der Waals surface area contributed by atoms with Crippen LogP contribution in [0.4, 0.5) is 0 Å². The lowest BCUT2D eigenvalue weighted by molar-refractivity contribution is -0.118. The molecule has 0 saturated carbocycles. The Kier molecular flexibility index (Phi) is 4.48. The van der Waals surface area contributed by atoms with Gasteiger partial charge in [0.2, 0.25) is 5.91 Å². The van der Waals surface area contributed by atoms with Crippen LogP contribution in [0.2, 0.25) is 0 Å². The molecule has 2 aromatic heterocycles. The second-order valence-electron chi connectivity index (χ2n) is 6.24. The molecule has 7 heteroatoms. The smallest absolute Gasteiger partial charge is 0.237 e. The number of aromatic nitrogens is 2. The van der Waals surface area contributed by atoms with Crippen molar-refractivity contribution in [3.05, 3.63) is 66.1 Å². The zero-order valence-electron chi connectivity index (χ0n) is 14.0. The number of ketones is 1. The van der Waals surface area contributed by atoms with E-state index >= 15 is 0 Å². The highest BCUT2D eigenvalue weighted by atomic mass is 32.2. The van der Waals surface area contributed by atoms with Crippen LogP contribution in [-0.2, 0) is 11.3 Å². The molecular weight excluding hydrogens is 348 g/mol. The molecule has 1 aliphatic heterocycles. The molecule has 4 rings (SSSR count). The minimum absolute atomic E-state index is 0.0308. The SMILES string of the molecule is NC(=O)Cn1cc(C(=O)[C@@H]2CSC(c3cccnc3)N2)c2ccccc21. The van der Waals surface area contributed by atoms with Crippen LogP contribution in [0.3, 0.4) is 0 Å². The molecule has 6 nitrogen and oxygen atoms in total. The zero-order chi connectivity index (χ0) is 18.1. The summed E-state index contributed by atoms with van der Waals surface area (Å²) in [7, 11) is 0. The number of nitrogens with zero attached hydrogens (tertiary/aromatic N) is 2. The number of nitrogens with one attached hydrogen (secondary N) is 1. The lowest BCUT2D eigenvalue weighted by Gasteiger charge is -2.12. The van der Waals surface area contributed by atoms with Gasteiger partial charge in [-0.15, -0.1) is 11.8 Å². The van der Waals surface area contributed by atoms with E-state index in [2.05, 4.69) is 10.3 Å². The summed E-state index contributed by atoms with van der Waals surface area (Å²) in [5.41, 5.74) is 7.85. The van der Waals surface area contributed by atoms with E-state index in [0.29, 0.717) is 11.3 Å². The van der Waals surface area contributed by atoms with Gasteiger partial charge in [-0.2, -0.15) is 0 Å². The Hall–Kier alpha value is -2.64. The normalized spacial score (nSPS) is 19.7. The van der Waals surface area contributed by atoms with Crippen molar-refractivity contribution < 1.29 is 9.59 Å². The largest absolute Gasteiger partial charge is 0.368 e. The predicted molar refractivity (Wildman–Crippen MR) is 102 cm³/mol. The number of hydrogen-bond donors (Lipinski definition) is 2. The first-order valence-electron chi connectivity index (χ1n) is 8.31. The van der Waals surface area contributed by atoms with Gasteiger partial charge < -0.3 is 10.3 Å². The second-order valence-corrected chi connectivity index (χ2v) is 7.38. The summed E-state index contributed by atoms with van der Waals surface area (Å²) in [5, 5.41) is 4.29. The van der Waals surface area contributed by atoms with Gasteiger partial charge in [-0.1, -0.05) is 24.3 Å². The van der Waals surface area contributed by atoms with Gasteiger partial charge in [0.25, 0.3) is 0 Å². The van der Waals surface area contributed by atoms with Crippen molar-refractivity contribution in [1.82, 2.24) is 14.9 Å². The van der Waals surface area contributed by atoms with Gasteiger partial charge in [-0.3, -0.25) is 19.9 Å². The highest BCUT2D eigenvalue weighted by Crippen LogP contribution is 2.34. The maximum Gasteiger partial charge on any atom is 0.237 e. The lowest BCUT2D eigenvalue weighted by atomic mass is 10.0. The maximum atomic E-state index is 13.1. The van der Waals surface area contributed by atoms with Gasteiger partial charge in [0.15, 0.2) is 5.78 Å². The standard InChI is InChI=1S/C19H18N4O2S/c20-17(24)10-23-9-14(13-5-1-2-6-16(13)23)18(25)15-11-26-19(22-15)12-4-3-7-21-8-12/h1-9,15,19,22H,10-11H2,(H2,20,24)/t15-,19?/m0/s1. The number of carbonyl (C=O) groups excluding carboxylic acids is 2. The third kappa shape index (κ3) is 3.11. The summed E-state index contributed by atoms with van der Waals surface area (Å²) in [6, 6.07) is 11.2. The second kappa shape index (κ2) is 6.93. The van der Waals surface area contributed by atoms with Crippen molar-refractivity contribution in [2.45, 2.75) is 18.0 Å². The number of para-hydroxylation sites is 1. The van der Waals surface area contributed by atoms with Crippen molar-refractivity contribution in [1.29, 1.82) is 0 Å². The van der Waals surface area contributed by atoms with E-state index in [0.717, 1.165) is 16.5 Å². The van der Waals surface area contributed by atoms with Gasteiger partial charge in [0.05, 0.1) is 11.4 Å². The van der Waals surface area contributed by atoms with E-state index in [-0.39, 0.29) is 23.7 Å². The third-order valence-corrected chi connectivity index (χ3v) is 5.73. The molecule has 1 saturated heterocycles. The first-order chi connectivity index (χ1) is 12.6. The van der Waals surface area contributed by atoms with Gasteiger partial charge >= 0.3 is 0 Å². The molecule has 1 fully saturated rings. The number of benzene rings is 1. The molecule has 1 aliphatic rings. The molecule has 1 unspecified atom stereocenters. The van der Waals surface area contributed by atoms with Crippen LogP contribution >= 0.6 is 11.8 Å². The highest BCUT2D eigenvalue weighted by molar-refractivity contribution is 7.99. The number of carbonyl (C=O) groups is 2. The van der Waals surface area contributed by atoms with Crippen molar-refractivity contribution in [3.63, 3.8) is 0 Å². The third-order valence-electron chi connectivity index (χ3n) is 4.47.